The molecule has 8 heteroatoms. The minimum absolute atomic E-state index is 0.0423. The van der Waals surface area contributed by atoms with Gasteiger partial charge in [0.05, 0.1) is 7.11 Å². The Morgan fingerprint density at radius 2 is 1.86 bits per heavy atom. The molecule has 2 N–H and O–H groups in total. The summed E-state index contributed by atoms with van der Waals surface area (Å²) in [5, 5.41) is 3.21. The third kappa shape index (κ3) is 5.04. The lowest BCUT2D eigenvalue weighted by Crippen LogP contribution is -2.36. The van der Waals surface area contributed by atoms with Gasteiger partial charge in [0.15, 0.2) is 0 Å². The number of carbonyl (C=O) groups is 1. The molecule has 0 spiro atoms. The molecule has 0 atom stereocenters. The van der Waals surface area contributed by atoms with Gasteiger partial charge >= 0.3 is 0 Å². The lowest BCUT2D eigenvalue weighted by atomic mass is 9.96. The predicted octanol–water partition coefficient (Wildman–Crippen LogP) is 4.21. The van der Waals surface area contributed by atoms with E-state index in [0.717, 1.165) is 32.1 Å². The van der Waals surface area contributed by atoms with Crippen LogP contribution in [0, 0.1) is 0 Å². The monoisotopic (exact) mass is 422 g/mol. The number of amides is 1. The highest BCUT2D eigenvalue weighted by atomic mass is 35.5. The number of benzene rings is 2. The van der Waals surface area contributed by atoms with Crippen molar-refractivity contribution >= 4 is 33.2 Å². The van der Waals surface area contributed by atoms with Crippen molar-refractivity contribution in [1.29, 1.82) is 0 Å². The van der Waals surface area contributed by atoms with Gasteiger partial charge in [0.2, 0.25) is 10.0 Å². The molecule has 1 aliphatic carbocycles. The number of hydrogen-bond donors (Lipinski definition) is 2. The van der Waals surface area contributed by atoms with Gasteiger partial charge in [-0.3, -0.25) is 4.79 Å². The number of carbonyl (C=O) groups excluding carboxylic acids is 1. The van der Waals surface area contributed by atoms with Crippen molar-refractivity contribution in [2.45, 2.75) is 43.0 Å². The fourth-order valence-corrected chi connectivity index (χ4v) is 4.99. The molecule has 0 aromatic heterocycles. The molecule has 0 unspecified atom stereocenters. The highest BCUT2D eigenvalue weighted by Gasteiger charge is 2.26. The van der Waals surface area contributed by atoms with Gasteiger partial charge in [0, 0.05) is 22.3 Å². The lowest BCUT2D eigenvalue weighted by molar-refractivity contribution is 0.102. The Bertz CT molecular complexity index is 956. The molecule has 3 rings (SSSR count). The van der Waals surface area contributed by atoms with Crippen LogP contribution in [0.2, 0.25) is 5.02 Å². The number of methoxy groups -OCH3 is 1. The van der Waals surface area contributed by atoms with Gasteiger partial charge in [-0.05, 0) is 49.2 Å². The van der Waals surface area contributed by atoms with Crippen molar-refractivity contribution in [2.75, 3.05) is 12.4 Å². The van der Waals surface area contributed by atoms with Crippen molar-refractivity contribution in [2.24, 2.45) is 0 Å². The SMILES string of the molecule is COc1ccc(C(=O)Nc2cccc(Cl)c2)cc1S(=O)(=O)NC1CCCCC1. The number of rotatable bonds is 6. The standard InChI is InChI=1S/C20H23ClN2O4S/c1-27-18-11-10-14(20(24)22-17-9-5-6-15(21)13-17)12-19(18)28(25,26)23-16-7-3-2-4-8-16/h5-6,9-13,16,23H,2-4,7-8H2,1H3,(H,22,24). The van der Waals surface area contributed by atoms with Crippen LogP contribution in [0.25, 0.3) is 0 Å². The lowest BCUT2D eigenvalue weighted by Gasteiger charge is -2.23. The molecule has 2 aromatic carbocycles. The molecule has 0 bridgehead atoms. The average Bonchev–Trinajstić information content (AvgIpc) is 2.68. The van der Waals surface area contributed by atoms with Crippen LogP contribution in [-0.2, 0) is 10.0 Å². The summed E-state index contributed by atoms with van der Waals surface area (Å²) in [5.74, 6) is -0.235. The molecule has 2 aromatic rings. The Labute approximate surface area is 170 Å². The fourth-order valence-electron chi connectivity index (χ4n) is 3.30. The van der Waals surface area contributed by atoms with Gasteiger partial charge in [-0.15, -0.1) is 0 Å². The van der Waals surface area contributed by atoms with E-state index in [-0.39, 0.29) is 22.3 Å². The Morgan fingerprint density at radius 3 is 2.54 bits per heavy atom. The number of nitrogens with one attached hydrogen (secondary N) is 2. The zero-order valence-electron chi connectivity index (χ0n) is 15.6. The van der Waals surface area contributed by atoms with Crippen LogP contribution < -0.4 is 14.8 Å². The van der Waals surface area contributed by atoms with Crippen LogP contribution in [0.15, 0.2) is 47.4 Å². The molecular formula is C20H23ClN2O4S. The molecule has 1 saturated carbocycles. The summed E-state index contributed by atoms with van der Waals surface area (Å²) in [7, 11) is -2.41. The second kappa shape index (κ2) is 8.94. The summed E-state index contributed by atoms with van der Waals surface area (Å²) in [5.41, 5.74) is 0.739. The number of ether oxygens (including phenoxy) is 1. The normalized spacial score (nSPS) is 15.2. The van der Waals surface area contributed by atoms with E-state index in [9.17, 15) is 13.2 Å². The van der Waals surface area contributed by atoms with E-state index >= 15 is 0 Å². The van der Waals surface area contributed by atoms with E-state index in [1.165, 1.54) is 25.3 Å². The Hall–Kier alpha value is -2.09. The highest BCUT2D eigenvalue weighted by molar-refractivity contribution is 7.89. The summed E-state index contributed by atoms with van der Waals surface area (Å²) in [6, 6.07) is 11.0. The van der Waals surface area contributed by atoms with Crippen LogP contribution in [0.5, 0.6) is 5.75 Å². The van der Waals surface area contributed by atoms with Gasteiger partial charge in [-0.2, -0.15) is 0 Å². The minimum atomic E-state index is -3.81. The van der Waals surface area contributed by atoms with E-state index in [2.05, 4.69) is 10.0 Å². The van der Waals surface area contributed by atoms with E-state index in [4.69, 9.17) is 16.3 Å². The molecule has 1 fully saturated rings. The van der Waals surface area contributed by atoms with E-state index in [0.29, 0.717) is 10.7 Å². The van der Waals surface area contributed by atoms with Gasteiger partial charge < -0.3 is 10.1 Å². The second-order valence-corrected chi connectivity index (χ2v) is 8.91. The maximum atomic E-state index is 12.9. The van der Waals surface area contributed by atoms with Gasteiger partial charge in [0.1, 0.15) is 10.6 Å². The summed E-state index contributed by atoms with van der Waals surface area (Å²) < 4.78 is 33.8. The number of halogens is 1. The first-order chi connectivity index (χ1) is 13.4. The van der Waals surface area contributed by atoms with Crippen LogP contribution in [0.4, 0.5) is 5.69 Å². The summed E-state index contributed by atoms with van der Waals surface area (Å²) in [4.78, 5) is 12.5. The summed E-state index contributed by atoms with van der Waals surface area (Å²) in [6.07, 6.45) is 4.77. The summed E-state index contributed by atoms with van der Waals surface area (Å²) >= 11 is 5.94. The first-order valence-corrected chi connectivity index (χ1v) is 11.0. The quantitative estimate of drug-likeness (QED) is 0.730. The predicted molar refractivity (Wildman–Crippen MR) is 110 cm³/mol. The largest absolute Gasteiger partial charge is 0.495 e. The second-order valence-electron chi connectivity index (χ2n) is 6.79. The zero-order valence-corrected chi connectivity index (χ0v) is 17.1. The van der Waals surface area contributed by atoms with Crippen molar-refractivity contribution in [3.8, 4) is 5.75 Å². The third-order valence-corrected chi connectivity index (χ3v) is 6.50. The Balaban J connectivity index is 1.85. The Morgan fingerprint density at radius 1 is 1.11 bits per heavy atom. The highest BCUT2D eigenvalue weighted by Crippen LogP contribution is 2.27. The van der Waals surface area contributed by atoms with Crippen molar-refractivity contribution in [3.63, 3.8) is 0 Å². The van der Waals surface area contributed by atoms with E-state index < -0.39 is 15.9 Å². The number of hydrogen-bond acceptors (Lipinski definition) is 4. The maximum Gasteiger partial charge on any atom is 0.255 e. The van der Waals surface area contributed by atoms with Crippen molar-refractivity contribution in [1.82, 2.24) is 4.72 Å². The molecule has 6 nitrogen and oxygen atoms in total. The fraction of sp³-hybridized carbons (Fsp3) is 0.350. The maximum absolute atomic E-state index is 12.9. The zero-order chi connectivity index (χ0) is 20.1. The number of sulfonamides is 1. The third-order valence-electron chi connectivity index (χ3n) is 4.72. The van der Waals surface area contributed by atoms with Crippen molar-refractivity contribution < 1.29 is 17.9 Å². The van der Waals surface area contributed by atoms with Crippen LogP contribution >= 0.6 is 11.6 Å². The van der Waals surface area contributed by atoms with Crippen molar-refractivity contribution in [3.05, 3.63) is 53.1 Å². The number of anilines is 1. The van der Waals surface area contributed by atoms with E-state index in [1.54, 1.807) is 24.3 Å². The van der Waals surface area contributed by atoms with Crippen LogP contribution in [-0.4, -0.2) is 27.5 Å². The molecule has 0 aliphatic heterocycles. The Kier molecular flexibility index (Phi) is 6.59. The van der Waals surface area contributed by atoms with Gasteiger partial charge in [0.25, 0.3) is 5.91 Å². The van der Waals surface area contributed by atoms with Crippen LogP contribution in [0.1, 0.15) is 42.5 Å². The first kappa shape index (κ1) is 20.6. The molecule has 0 saturated heterocycles. The molecule has 0 heterocycles. The molecule has 0 radical (unpaired) electrons. The smallest absolute Gasteiger partial charge is 0.255 e. The molecule has 1 aliphatic rings. The van der Waals surface area contributed by atoms with E-state index in [1.807, 2.05) is 0 Å². The van der Waals surface area contributed by atoms with Crippen LogP contribution in [0.3, 0.4) is 0 Å². The molecule has 28 heavy (non-hydrogen) atoms. The topological polar surface area (TPSA) is 84.5 Å². The minimum Gasteiger partial charge on any atom is -0.495 e. The van der Waals surface area contributed by atoms with Gasteiger partial charge in [-0.1, -0.05) is 36.9 Å². The summed E-state index contributed by atoms with van der Waals surface area (Å²) in [6.45, 7) is 0. The average molecular weight is 423 g/mol. The molecule has 150 valence electrons. The molecule has 1 amide bonds. The van der Waals surface area contributed by atoms with Gasteiger partial charge in [-0.25, -0.2) is 13.1 Å². The molecular weight excluding hydrogens is 400 g/mol. The first-order valence-electron chi connectivity index (χ1n) is 9.16.